The fraction of sp³-hybridized carbons (Fsp3) is 0.562. The van der Waals surface area contributed by atoms with E-state index in [-0.39, 0.29) is 0 Å². The van der Waals surface area contributed by atoms with Crippen LogP contribution in [0.1, 0.15) is 12.0 Å². The summed E-state index contributed by atoms with van der Waals surface area (Å²) in [7, 11) is 6.33. The molecule has 0 saturated carbocycles. The summed E-state index contributed by atoms with van der Waals surface area (Å²) in [6.45, 7) is 3.85. The van der Waals surface area contributed by atoms with E-state index in [2.05, 4.69) is 30.9 Å². The Morgan fingerprint density at radius 2 is 1.76 bits per heavy atom. The predicted octanol–water partition coefficient (Wildman–Crippen LogP) is 1.78. The SMILES string of the molecule is CN(C)CCCN(C)CCOc1ccc(CC(N)=S)cc1. The van der Waals surface area contributed by atoms with Crippen molar-refractivity contribution in [2.75, 3.05) is 47.4 Å². The minimum absolute atomic E-state index is 0.517. The van der Waals surface area contributed by atoms with Crippen LogP contribution in [0.2, 0.25) is 0 Å². The first kappa shape index (κ1) is 17.9. The molecule has 2 N–H and O–H groups in total. The first-order valence-electron chi connectivity index (χ1n) is 7.30. The second-order valence-electron chi connectivity index (χ2n) is 5.60. The minimum atomic E-state index is 0.517. The molecule has 4 nitrogen and oxygen atoms in total. The van der Waals surface area contributed by atoms with Crippen molar-refractivity contribution >= 4 is 17.2 Å². The lowest BCUT2D eigenvalue weighted by Crippen LogP contribution is -2.27. The van der Waals surface area contributed by atoms with Gasteiger partial charge in [0, 0.05) is 13.0 Å². The van der Waals surface area contributed by atoms with Crippen LogP contribution in [0.4, 0.5) is 0 Å². The summed E-state index contributed by atoms with van der Waals surface area (Å²) in [5, 5.41) is 0. The Bertz CT molecular complexity index is 420. The molecule has 0 heterocycles. The Kier molecular flexibility index (Phi) is 8.27. The van der Waals surface area contributed by atoms with Gasteiger partial charge in [-0.25, -0.2) is 0 Å². The molecule has 0 aromatic heterocycles. The largest absolute Gasteiger partial charge is 0.492 e. The second kappa shape index (κ2) is 9.71. The van der Waals surface area contributed by atoms with E-state index in [0.717, 1.165) is 30.9 Å². The van der Waals surface area contributed by atoms with Crippen LogP contribution < -0.4 is 10.5 Å². The molecule has 0 aliphatic rings. The fourth-order valence-corrected chi connectivity index (χ4v) is 2.16. The lowest BCUT2D eigenvalue weighted by Gasteiger charge is -2.18. The quantitative estimate of drug-likeness (QED) is 0.667. The third-order valence-corrected chi connectivity index (χ3v) is 3.33. The molecule has 0 aliphatic carbocycles. The van der Waals surface area contributed by atoms with Crippen molar-refractivity contribution < 1.29 is 4.74 Å². The molecule has 0 radical (unpaired) electrons. The van der Waals surface area contributed by atoms with Gasteiger partial charge in [0.15, 0.2) is 0 Å². The molecule has 0 aliphatic heterocycles. The van der Waals surface area contributed by atoms with Crippen molar-refractivity contribution in [2.45, 2.75) is 12.8 Å². The van der Waals surface area contributed by atoms with Crippen LogP contribution in [0.5, 0.6) is 5.75 Å². The molecule has 0 unspecified atom stereocenters. The van der Waals surface area contributed by atoms with Crippen LogP contribution >= 0.6 is 12.2 Å². The first-order chi connectivity index (χ1) is 9.97. The summed E-state index contributed by atoms with van der Waals surface area (Å²) in [5.41, 5.74) is 6.65. The van der Waals surface area contributed by atoms with Gasteiger partial charge >= 0.3 is 0 Å². The molecule has 1 rings (SSSR count). The van der Waals surface area contributed by atoms with Crippen molar-refractivity contribution in [1.29, 1.82) is 0 Å². The lowest BCUT2D eigenvalue weighted by atomic mass is 10.1. The monoisotopic (exact) mass is 309 g/mol. The Balaban J connectivity index is 2.21. The van der Waals surface area contributed by atoms with Gasteiger partial charge in [0.25, 0.3) is 0 Å². The van der Waals surface area contributed by atoms with Crippen LogP contribution in [0.15, 0.2) is 24.3 Å². The zero-order chi connectivity index (χ0) is 15.7. The zero-order valence-electron chi connectivity index (χ0n) is 13.3. The molecular formula is C16H27N3OS. The van der Waals surface area contributed by atoms with E-state index >= 15 is 0 Å². The molecule has 0 spiro atoms. The van der Waals surface area contributed by atoms with Crippen LogP contribution in [-0.2, 0) is 6.42 Å². The molecule has 0 amide bonds. The van der Waals surface area contributed by atoms with Crippen molar-refractivity contribution in [3.05, 3.63) is 29.8 Å². The average Bonchev–Trinajstić information content (AvgIpc) is 2.39. The molecule has 0 fully saturated rings. The zero-order valence-corrected chi connectivity index (χ0v) is 14.2. The highest BCUT2D eigenvalue weighted by atomic mass is 32.1. The van der Waals surface area contributed by atoms with E-state index in [4.69, 9.17) is 22.7 Å². The summed E-state index contributed by atoms with van der Waals surface area (Å²) >= 11 is 4.90. The highest BCUT2D eigenvalue weighted by molar-refractivity contribution is 7.80. The van der Waals surface area contributed by atoms with Crippen LogP contribution in [-0.4, -0.2) is 62.2 Å². The predicted molar refractivity (Wildman–Crippen MR) is 93.1 cm³/mol. The number of nitrogens with two attached hydrogens (primary N) is 1. The normalized spacial score (nSPS) is 11.1. The molecule has 21 heavy (non-hydrogen) atoms. The van der Waals surface area contributed by atoms with Gasteiger partial charge < -0.3 is 20.3 Å². The summed E-state index contributed by atoms with van der Waals surface area (Å²) < 4.78 is 5.75. The Morgan fingerprint density at radius 1 is 1.10 bits per heavy atom. The molecule has 1 aromatic rings. The Hall–Kier alpha value is -1.17. The van der Waals surface area contributed by atoms with Gasteiger partial charge in [0.1, 0.15) is 12.4 Å². The Morgan fingerprint density at radius 3 is 2.33 bits per heavy atom. The van der Waals surface area contributed by atoms with Gasteiger partial charge in [-0.2, -0.15) is 0 Å². The van der Waals surface area contributed by atoms with Crippen LogP contribution in [0.3, 0.4) is 0 Å². The smallest absolute Gasteiger partial charge is 0.119 e. The van der Waals surface area contributed by atoms with Crippen LogP contribution in [0.25, 0.3) is 0 Å². The molecule has 0 atom stereocenters. The third-order valence-electron chi connectivity index (χ3n) is 3.19. The molecule has 5 heteroatoms. The fourth-order valence-electron chi connectivity index (χ4n) is 1.99. The van der Waals surface area contributed by atoms with Gasteiger partial charge in [-0.1, -0.05) is 24.4 Å². The van der Waals surface area contributed by atoms with Gasteiger partial charge in [-0.15, -0.1) is 0 Å². The van der Waals surface area contributed by atoms with Gasteiger partial charge in [0.2, 0.25) is 0 Å². The van der Waals surface area contributed by atoms with E-state index in [1.807, 2.05) is 24.3 Å². The van der Waals surface area contributed by atoms with E-state index in [9.17, 15) is 0 Å². The highest BCUT2D eigenvalue weighted by Crippen LogP contribution is 2.12. The molecule has 1 aromatic carbocycles. The number of benzene rings is 1. The van der Waals surface area contributed by atoms with Crippen molar-refractivity contribution in [1.82, 2.24) is 9.80 Å². The second-order valence-corrected chi connectivity index (χ2v) is 6.12. The number of thiocarbonyl (C=S) groups is 1. The van der Waals surface area contributed by atoms with Crippen molar-refractivity contribution in [2.24, 2.45) is 5.73 Å². The maximum absolute atomic E-state index is 5.75. The third kappa shape index (κ3) is 8.65. The van der Waals surface area contributed by atoms with Gasteiger partial charge in [0.05, 0.1) is 4.99 Å². The maximum atomic E-state index is 5.75. The summed E-state index contributed by atoms with van der Waals surface area (Å²) in [6, 6.07) is 7.96. The Labute approximate surface area is 133 Å². The number of ether oxygens (including phenoxy) is 1. The van der Waals surface area contributed by atoms with Gasteiger partial charge in [-0.05, 0) is 58.3 Å². The summed E-state index contributed by atoms with van der Waals surface area (Å²) in [4.78, 5) is 5.02. The standard InChI is InChI=1S/C16H27N3OS/c1-18(2)9-4-10-19(3)11-12-20-15-7-5-14(6-8-15)13-16(17)21/h5-8H,4,9-13H2,1-3H3,(H2,17,21). The number of likely N-dealkylation sites (N-methyl/N-ethyl adjacent to an activating group) is 1. The average molecular weight is 309 g/mol. The van der Waals surface area contributed by atoms with E-state index in [1.165, 1.54) is 6.42 Å². The molecule has 0 saturated heterocycles. The molecule has 0 bridgehead atoms. The van der Waals surface area contributed by atoms with E-state index in [1.54, 1.807) is 0 Å². The first-order valence-corrected chi connectivity index (χ1v) is 7.71. The number of rotatable bonds is 10. The summed E-state index contributed by atoms with van der Waals surface area (Å²) in [6.07, 6.45) is 1.82. The number of nitrogens with zero attached hydrogens (tertiary/aromatic N) is 2. The topological polar surface area (TPSA) is 41.7 Å². The maximum Gasteiger partial charge on any atom is 0.119 e. The minimum Gasteiger partial charge on any atom is -0.492 e. The van der Waals surface area contributed by atoms with Crippen LogP contribution in [0, 0.1) is 0 Å². The number of hydrogen-bond donors (Lipinski definition) is 1. The van der Waals surface area contributed by atoms with Crippen molar-refractivity contribution in [3.63, 3.8) is 0 Å². The number of hydrogen-bond acceptors (Lipinski definition) is 4. The lowest BCUT2D eigenvalue weighted by molar-refractivity contribution is 0.229. The molecular weight excluding hydrogens is 282 g/mol. The summed E-state index contributed by atoms with van der Waals surface area (Å²) in [5.74, 6) is 0.892. The highest BCUT2D eigenvalue weighted by Gasteiger charge is 2.01. The van der Waals surface area contributed by atoms with E-state index in [0.29, 0.717) is 18.0 Å². The van der Waals surface area contributed by atoms with Gasteiger partial charge in [-0.3, -0.25) is 0 Å². The molecule has 118 valence electrons. The van der Waals surface area contributed by atoms with E-state index < -0.39 is 0 Å². The van der Waals surface area contributed by atoms with Crippen molar-refractivity contribution in [3.8, 4) is 5.75 Å².